The summed E-state index contributed by atoms with van der Waals surface area (Å²) < 4.78 is 38.5. The molecule has 1 aromatic carbocycles. The average molecular weight is 379 g/mol. The highest BCUT2D eigenvalue weighted by atomic mass is 32.2. The minimum atomic E-state index is -3.57. The van der Waals surface area contributed by atoms with Crippen molar-refractivity contribution in [3.8, 4) is 0 Å². The van der Waals surface area contributed by atoms with Gasteiger partial charge in [0, 0.05) is 18.9 Å². The van der Waals surface area contributed by atoms with Crippen molar-refractivity contribution in [1.82, 2.24) is 9.21 Å². The summed E-state index contributed by atoms with van der Waals surface area (Å²) >= 11 is 0. The van der Waals surface area contributed by atoms with Crippen LogP contribution >= 0.6 is 0 Å². The summed E-state index contributed by atoms with van der Waals surface area (Å²) in [5.74, 6) is -0.140. The van der Waals surface area contributed by atoms with Crippen LogP contribution in [0, 0.1) is 11.7 Å². The Balaban J connectivity index is 2.63. The fraction of sp³-hybridized carbons (Fsp3) is 0.333. The molecule has 1 atom stereocenters. The predicted octanol–water partition coefficient (Wildman–Crippen LogP) is 2.68. The molecule has 0 aromatic heterocycles. The molecule has 1 aliphatic heterocycles. The number of hydrogen-bond donors (Lipinski definition) is 0. The topological polar surface area (TPSA) is 70.1 Å². The lowest BCUT2D eigenvalue weighted by molar-refractivity contribution is -0.104. The van der Waals surface area contributed by atoms with E-state index in [2.05, 4.69) is 4.99 Å². The van der Waals surface area contributed by atoms with Crippen LogP contribution in [0.25, 0.3) is 0 Å². The number of halogens is 1. The molecule has 1 unspecified atom stereocenters. The van der Waals surface area contributed by atoms with Crippen LogP contribution in [0.3, 0.4) is 0 Å². The number of hydrogen-bond acceptors (Lipinski definition) is 5. The van der Waals surface area contributed by atoms with Gasteiger partial charge in [0.2, 0.25) is 16.0 Å². The van der Waals surface area contributed by atoms with Crippen molar-refractivity contribution >= 4 is 22.3 Å². The SMILES string of the molecule is CC(C)C1=CC(c2ccc(F)cc2)N(C=CC=O)C(N(C)S(C)(=O)=O)=N1. The predicted molar refractivity (Wildman–Crippen MR) is 99.1 cm³/mol. The van der Waals surface area contributed by atoms with Crippen LogP contribution in [0.1, 0.15) is 25.5 Å². The van der Waals surface area contributed by atoms with Gasteiger partial charge in [0.15, 0.2) is 0 Å². The minimum absolute atomic E-state index is 0.0538. The number of aliphatic imine (C=N–C) groups is 1. The average Bonchev–Trinajstić information content (AvgIpc) is 2.58. The number of sulfonamides is 1. The fourth-order valence-corrected chi connectivity index (χ4v) is 2.92. The lowest BCUT2D eigenvalue weighted by Crippen LogP contribution is -2.45. The van der Waals surface area contributed by atoms with Crippen molar-refractivity contribution in [1.29, 1.82) is 0 Å². The molecule has 140 valence electrons. The molecule has 0 spiro atoms. The van der Waals surface area contributed by atoms with Crippen LogP contribution < -0.4 is 0 Å². The van der Waals surface area contributed by atoms with Crippen LogP contribution in [-0.4, -0.2) is 43.2 Å². The fourth-order valence-electron chi connectivity index (χ4n) is 2.48. The van der Waals surface area contributed by atoms with E-state index in [1.807, 2.05) is 19.9 Å². The molecule has 0 bridgehead atoms. The molecule has 0 aliphatic carbocycles. The molecule has 0 saturated heterocycles. The monoisotopic (exact) mass is 379 g/mol. The molecular weight excluding hydrogens is 357 g/mol. The maximum Gasteiger partial charge on any atom is 0.234 e. The van der Waals surface area contributed by atoms with E-state index in [0.717, 1.165) is 16.1 Å². The second-order valence-electron chi connectivity index (χ2n) is 6.27. The van der Waals surface area contributed by atoms with E-state index in [-0.39, 0.29) is 17.7 Å². The smallest absolute Gasteiger partial charge is 0.234 e. The van der Waals surface area contributed by atoms with E-state index in [9.17, 15) is 17.6 Å². The Morgan fingerprint density at radius 3 is 2.38 bits per heavy atom. The molecule has 1 aliphatic rings. The van der Waals surface area contributed by atoms with Gasteiger partial charge in [-0.25, -0.2) is 22.1 Å². The number of guanidine groups is 1. The van der Waals surface area contributed by atoms with Gasteiger partial charge in [-0.2, -0.15) is 0 Å². The number of carbonyl (C=O) groups excluding carboxylic acids is 1. The Morgan fingerprint density at radius 2 is 1.88 bits per heavy atom. The van der Waals surface area contributed by atoms with E-state index >= 15 is 0 Å². The van der Waals surface area contributed by atoms with E-state index in [4.69, 9.17) is 0 Å². The van der Waals surface area contributed by atoms with Gasteiger partial charge in [-0.1, -0.05) is 26.0 Å². The normalized spacial score (nSPS) is 18.1. The molecule has 8 heteroatoms. The second-order valence-corrected chi connectivity index (χ2v) is 8.28. The van der Waals surface area contributed by atoms with Crippen LogP contribution in [0.4, 0.5) is 4.39 Å². The number of aldehydes is 1. The first-order valence-electron chi connectivity index (χ1n) is 8.05. The summed E-state index contributed by atoms with van der Waals surface area (Å²) in [6, 6.07) is 5.50. The molecule has 2 rings (SSSR count). The zero-order valence-corrected chi connectivity index (χ0v) is 15.9. The highest BCUT2D eigenvalue weighted by molar-refractivity contribution is 7.88. The highest BCUT2D eigenvalue weighted by Crippen LogP contribution is 2.32. The largest absolute Gasteiger partial charge is 0.307 e. The molecule has 1 aromatic rings. The van der Waals surface area contributed by atoms with Crippen LogP contribution in [0.5, 0.6) is 0 Å². The zero-order valence-electron chi connectivity index (χ0n) is 15.1. The molecule has 0 fully saturated rings. The van der Waals surface area contributed by atoms with Gasteiger partial charge >= 0.3 is 0 Å². The van der Waals surface area contributed by atoms with Crippen LogP contribution in [0.15, 0.2) is 53.3 Å². The Hall–Kier alpha value is -2.48. The van der Waals surface area contributed by atoms with Crippen molar-refractivity contribution in [2.24, 2.45) is 10.9 Å². The lowest BCUT2D eigenvalue weighted by atomic mass is 9.99. The third kappa shape index (κ3) is 4.37. The molecule has 0 N–H and O–H groups in total. The maximum atomic E-state index is 13.3. The van der Waals surface area contributed by atoms with Gasteiger partial charge in [-0.05, 0) is 35.8 Å². The first-order valence-corrected chi connectivity index (χ1v) is 9.90. The third-order valence-corrected chi connectivity index (χ3v) is 5.15. The Kier molecular flexibility index (Phi) is 5.97. The maximum absolute atomic E-state index is 13.3. The van der Waals surface area contributed by atoms with Crippen molar-refractivity contribution < 1.29 is 17.6 Å². The van der Waals surface area contributed by atoms with Crippen LogP contribution in [-0.2, 0) is 14.8 Å². The first-order chi connectivity index (χ1) is 12.1. The lowest BCUT2D eigenvalue weighted by Gasteiger charge is -2.37. The van der Waals surface area contributed by atoms with Gasteiger partial charge in [-0.3, -0.25) is 4.79 Å². The second kappa shape index (κ2) is 7.82. The molecule has 1 heterocycles. The summed E-state index contributed by atoms with van der Waals surface area (Å²) in [5.41, 5.74) is 1.45. The Morgan fingerprint density at radius 1 is 1.27 bits per heavy atom. The molecule has 26 heavy (non-hydrogen) atoms. The van der Waals surface area contributed by atoms with Crippen molar-refractivity contribution in [3.05, 3.63) is 59.7 Å². The van der Waals surface area contributed by atoms with Gasteiger partial charge in [0.25, 0.3) is 0 Å². The van der Waals surface area contributed by atoms with Crippen molar-refractivity contribution in [2.45, 2.75) is 19.9 Å². The third-order valence-electron chi connectivity index (χ3n) is 4.00. The van der Waals surface area contributed by atoms with E-state index in [1.54, 1.807) is 17.0 Å². The summed E-state index contributed by atoms with van der Waals surface area (Å²) in [4.78, 5) is 16.9. The highest BCUT2D eigenvalue weighted by Gasteiger charge is 2.31. The number of allylic oxidation sites excluding steroid dienone is 2. The van der Waals surface area contributed by atoms with Gasteiger partial charge in [-0.15, -0.1) is 0 Å². The summed E-state index contributed by atoms with van der Waals surface area (Å²) in [6.45, 7) is 3.90. The first kappa shape index (κ1) is 19.8. The molecule has 0 saturated carbocycles. The molecule has 0 amide bonds. The number of nitrogens with zero attached hydrogens (tertiary/aromatic N) is 3. The van der Waals surface area contributed by atoms with Crippen molar-refractivity contribution in [2.75, 3.05) is 13.3 Å². The molecular formula is C18H22FN3O3S. The Labute approximate surface area is 153 Å². The van der Waals surface area contributed by atoms with Gasteiger partial charge in [0.1, 0.15) is 12.1 Å². The van der Waals surface area contributed by atoms with Gasteiger partial charge in [0.05, 0.1) is 12.3 Å². The molecule has 6 nitrogen and oxygen atoms in total. The van der Waals surface area contributed by atoms with Crippen molar-refractivity contribution in [3.63, 3.8) is 0 Å². The summed E-state index contributed by atoms with van der Waals surface area (Å²) in [5, 5.41) is 0. The number of carbonyl (C=O) groups is 1. The van der Waals surface area contributed by atoms with E-state index < -0.39 is 16.1 Å². The number of rotatable bonds is 5. The quantitative estimate of drug-likeness (QED) is 0.583. The summed E-state index contributed by atoms with van der Waals surface area (Å²) in [6.07, 6.45) is 6.29. The van der Waals surface area contributed by atoms with Crippen LogP contribution in [0.2, 0.25) is 0 Å². The Bertz CT molecular complexity index is 858. The van der Waals surface area contributed by atoms with Gasteiger partial charge < -0.3 is 4.90 Å². The standard InChI is InChI=1S/C18H22FN3O3S/c1-13(2)16-12-17(14-6-8-15(19)9-7-14)22(10-5-11-23)18(20-16)21(3)26(4,24)25/h5-13,17H,1-4H3. The number of benzene rings is 1. The summed E-state index contributed by atoms with van der Waals surface area (Å²) in [7, 11) is -2.17. The zero-order chi connectivity index (χ0) is 19.5. The molecule has 0 radical (unpaired) electrons. The van der Waals surface area contributed by atoms with E-state index in [0.29, 0.717) is 12.0 Å². The minimum Gasteiger partial charge on any atom is -0.307 e. The van der Waals surface area contributed by atoms with E-state index in [1.165, 1.54) is 31.5 Å².